The summed E-state index contributed by atoms with van der Waals surface area (Å²) in [7, 11) is 0. The van der Waals surface area contributed by atoms with Gasteiger partial charge in [-0.25, -0.2) is 4.68 Å². The number of nitrogens with one attached hydrogen (secondary N) is 1. The van der Waals surface area contributed by atoms with E-state index in [4.69, 9.17) is 10.8 Å². The van der Waals surface area contributed by atoms with E-state index in [1.54, 1.807) is 0 Å². The Morgan fingerprint density at radius 1 is 1.53 bits per heavy atom. The number of rotatable bonds is 5. The number of carbonyl (C=O) groups is 2. The Kier molecular flexibility index (Phi) is 4.60. The molecular formula is C11H19N5O3. The van der Waals surface area contributed by atoms with Crippen LogP contribution in [0.1, 0.15) is 26.5 Å². The van der Waals surface area contributed by atoms with Gasteiger partial charge in [0.1, 0.15) is 12.2 Å². The molecule has 0 spiro atoms. The summed E-state index contributed by atoms with van der Waals surface area (Å²) in [6, 6.07) is -0.624. The van der Waals surface area contributed by atoms with E-state index in [2.05, 4.69) is 15.6 Å². The van der Waals surface area contributed by atoms with Crippen LogP contribution in [0.4, 0.5) is 0 Å². The molecule has 1 amide bonds. The second kappa shape index (κ2) is 5.79. The molecule has 1 atom stereocenters. The van der Waals surface area contributed by atoms with Gasteiger partial charge in [-0.15, -0.1) is 5.10 Å². The van der Waals surface area contributed by atoms with Crippen LogP contribution in [0, 0.1) is 5.41 Å². The van der Waals surface area contributed by atoms with E-state index in [-0.39, 0.29) is 24.4 Å². The van der Waals surface area contributed by atoms with Crippen LogP contribution in [0.25, 0.3) is 0 Å². The van der Waals surface area contributed by atoms with Crippen molar-refractivity contribution in [3.8, 4) is 0 Å². The molecule has 0 aliphatic heterocycles. The van der Waals surface area contributed by atoms with Crippen molar-refractivity contribution in [2.75, 3.05) is 0 Å². The van der Waals surface area contributed by atoms with Crippen molar-refractivity contribution in [1.82, 2.24) is 20.3 Å². The van der Waals surface area contributed by atoms with E-state index >= 15 is 0 Å². The maximum absolute atomic E-state index is 11.8. The molecule has 4 N–H and O–H groups in total. The maximum Gasteiger partial charge on any atom is 0.325 e. The number of aromatic nitrogens is 3. The number of carbonyl (C=O) groups excluding carboxylic acids is 1. The lowest BCUT2D eigenvalue weighted by Gasteiger charge is -2.25. The molecule has 8 heteroatoms. The van der Waals surface area contributed by atoms with Crippen molar-refractivity contribution in [2.45, 2.75) is 39.9 Å². The first kappa shape index (κ1) is 15.1. The van der Waals surface area contributed by atoms with Crippen molar-refractivity contribution < 1.29 is 14.7 Å². The van der Waals surface area contributed by atoms with Gasteiger partial charge in [0, 0.05) is 0 Å². The van der Waals surface area contributed by atoms with E-state index in [1.165, 1.54) is 10.9 Å². The van der Waals surface area contributed by atoms with Gasteiger partial charge in [-0.05, 0) is 5.41 Å². The van der Waals surface area contributed by atoms with E-state index in [0.29, 0.717) is 5.69 Å². The third kappa shape index (κ3) is 4.66. The molecule has 0 aromatic carbocycles. The molecule has 0 aliphatic rings. The Morgan fingerprint density at radius 3 is 2.68 bits per heavy atom. The zero-order chi connectivity index (χ0) is 14.6. The lowest BCUT2D eigenvalue weighted by atomic mass is 9.87. The highest BCUT2D eigenvalue weighted by atomic mass is 16.4. The quantitative estimate of drug-likeness (QED) is 0.653. The van der Waals surface area contributed by atoms with Crippen molar-refractivity contribution >= 4 is 11.9 Å². The molecule has 0 radical (unpaired) electrons. The first-order chi connectivity index (χ1) is 8.70. The van der Waals surface area contributed by atoms with Crippen LogP contribution in [-0.4, -0.2) is 38.0 Å². The fourth-order valence-corrected chi connectivity index (χ4v) is 1.32. The highest BCUT2D eigenvalue weighted by Gasteiger charge is 2.27. The number of aliphatic carboxylic acids is 1. The summed E-state index contributed by atoms with van der Waals surface area (Å²) < 4.78 is 1.19. The highest BCUT2D eigenvalue weighted by molar-refractivity contribution is 5.82. The monoisotopic (exact) mass is 269 g/mol. The third-order valence-corrected chi connectivity index (χ3v) is 2.54. The summed E-state index contributed by atoms with van der Waals surface area (Å²) in [5.74, 6) is -1.28. The molecule has 0 aliphatic carbocycles. The fourth-order valence-electron chi connectivity index (χ4n) is 1.32. The van der Waals surface area contributed by atoms with E-state index in [9.17, 15) is 9.59 Å². The lowest BCUT2D eigenvalue weighted by molar-refractivity contribution is -0.138. The van der Waals surface area contributed by atoms with Gasteiger partial charge >= 0.3 is 5.97 Å². The van der Waals surface area contributed by atoms with E-state index in [0.717, 1.165) is 0 Å². The SMILES string of the molecule is CC(C)(C)[C@@H](N)C(=O)NCc1cn(CC(=O)O)nn1. The van der Waals surface area contributed by atoms with Gasteiger partial charge in [0.15, 0.2) is 0 Å². The molecule has 1 rings (SSSR count). The standard InChI is InChI=1S/C11H19N5O3/c1-11(2,3)9(12)10(19)13-4-7-5-16(15-14-7)6-8(17)18/h5,9H,4,6,12H2,1-3H3,(H,13,19)(H,17,18)/t9-/m0/s1. The van der Waals surface area contributed by atoms with Crippen LogP contribution in [-0.2, 0) is 22.7 Å². The fraction of sp³-hybridized carbons (Fsp3) is 0.636. The summed E-state index contributed by atoms with van der Waals surface area (Å²) >= 11 is 0. The highest BCUT2D eigenvalue weighted by Crippen LogP contribution is 2.17. The smallest absolute Gasteiger partial charge is 0.325 e. The largest absolute Gasteiger partial charge is 0.480 e. The van der Waals surface area contributed by atoms with Crippen molar-refractivity contribution in [3.05, 3.63) is 11.9 Å². The summed E-state index contributed by atoms with van der Waals surface area (Å²) in [6.45, 7) is 5.53. The molecular weight excluding hydrogens is 250 g/mol. The first-order valence-electron chi connectivity index (χ1n) is 5.84. The Morgan fingerprint density at radius 2 is 2.16 bits per heavy atom. The summed E-state index contributed by atoms with van der Waals surface area (Å²) in [4.78, 5) is 22.2. The molecule has 0 saturated heterocycles. The second-order valence-corrected chi connectivity index (χ2v) is 5.36. The zero-order valence-electron chi connectivity index (χ0n) is 11.3. The Labute approximate surface area is 111 Å². The van der Waals surface area contributed by atoms with Crippen molar-refractivity contribution in [1.29, 1.82) is 0 Å². The number of carboxylic acids is 1. The van der Waals surface area contributed by atoms with Crippen LogP contribution in [0.3, 0.4) is 0 Å². The maximum atomic E-state index is 11.8. The molecule has 19 heavy (non-hydrogen) atoms. The average molecular weight is 269 g/mol. The minimum atomic E-state index is -1.00. The number of nitrogens with zero attached hydrogens (tertiary/aromatic N) is 3. The Hall–Kier alpha value is -1.96. The van der Waals surface area contributed by atoms with Crippen LogP contribution in [0.5, 0.6) is 0 Å². The predicted octanol–water partition coefficient (Wildman–Crippen LogP) is -0.648. The average Bonchev–Trinajstić information content (AvgIpc) is 2.70. The molecule has 0 fully saturated rings. The Balaban J connectivity index is 2.51. The number of hydrogen-bond acceptors (Lipinski definition) is 5. The summed E-state index contributed by atoms with van der Waals surface area (Å²) in [6.07, 6.45) is 1.47. The van der Waals surface area contributed by atoms with Crippen molar-refractivity contribution in [2.24, 2.45) is 11.1 Å². The molecule has 0 saturated carbocycles. The number of amides is 1. The zero-order valence-corrected chi connectivity index (χ0v) is 11.3. The van der Waals surface area contributed by atoms with Crippen LogP contribution >= 0.6 is 0 Å². The second-order valence-electron chi connectivity index (χ2n) is 5.36. The molecule has 0 bridgehead atoms. The van der Waals surface area contributed by atoms with Crippen LogP contribution < -0.4 is 11.1 Å². The van der Waals surface area contributed by atoms with E-state index in [1.807, 2.05) is 20.8 Å². The summed E-state index contributed by atoms with van der Waals surface area (Å²) in [5.41, 5.74) is 5.95. The summed E-state index contributed by atoms with van der Waals surface area (Å²) in [5, 5.41) is 18.6. The molecule has 1 aromatic rings. The van der Waals surface area contributed by atoms with Gasteiger partial charge < -0.3 is 16.2 Å². The molecule has 1 aromatic heterocycles. The topological polar surface area (TPSA) is 123 Å². The molecule has 8 nitrogen and oxygen atoms in total. The number of hydrogen-bond donors (Lipinski definition) is 3. The molecule has 106 valence electrons. The van der Waals surface area contributed by atoms with Crippen LogP contribution in [0.2, 0.25) is 0 Å². The number of nitrogens with two attached hydrogens (primary N) is 1. The van der Waals surface area contributed by atoms with Crippen LogP contribution in [0.15, 0.2) is 6.20 Å². The third-order valence-electron chi connectivity index (χ3n) is 2.54. The van der Waals surface area contributed by atoms with Gasteiger partial charge in [0.2, 0.25) is 5.91 Å². The van der Waals surface area contributed by atoms with Crippen molar-refractivity contribution in [3.63, 3.8) is 0 Å². The normalized spacial score (nSPS) is 13.1. The molecule has 1 heterocycles. The predicted molar refractivity (Wildman–Crippen MR) is 66.9 cm³/mol. The van der Waals surface area contributed by atoms with Gasteiger partial charge in [-0.1, -0.05) is 26.0 Å². The molecule has 0 unspecified atom stereocenters. The first-order valence-corrected chi connectivity index (χ1v) is 5.84. The lowest BCUT2D eigenvalue weighted by Crippen LogP contribution is -2.48. The van der Waals surface area contributed by atoms with Gasteiger partial charge in [0.25, 0.3) is 0 Å². The van der Waals surface area contributed by atoms with Gasteiger partial charge in [-0.2, -0.15) is 0 Å². The van der Waals surface area contributed by atoms with E-state index < -0.39 is 12.0 Å². The number of carboxylic acid groups (broad SMARTS) is 1. The minimum Gasteiger partial charge on any atom is -0.480 e. The minimum absolute atomic E-state index is 0.169. The Bertz CT molecular complexity index is 463. The van der Waals surface area contributed by atoms with Gasteiger partial charge in [-0.3, -0.25) is 9.59 Å². The van der Waals surface area contributed by atoms with Gasteiger partial charge in [0.05, 0.1) is 18.8 Å².